The average molecular weight is 360 g/mol. The molecule has 0 bridgehead atoms. The van der Waals surface area contributed by atoms with E-state index in [1.54, 1.807) is 25.3 Å². The van der Waals surface area contributed by atoms with Gasteiger partial charge >= 0.3 is 0 Å². The molecule has 2 aromatic carbocycles. The van der Waals surface area contributed by atoms with E-state index >= 15 is 0 Å². The molecule has 0 amide bonds. The van der Waals surface area contributed by atoms with Gasteiger partial charge in [0.15, 0.2) is 0 Å². The Morgan fingerprint density at radius 1 is 1.20 bits per heavy atom. The molecule has 0 saturated heterocycles. The maximum atomic E-state index is 12.4. The number of nitrogens with zero attached hydrogens (tertiary/aromatic N) is 1. The summed E-state index contributed by atoms with van der Waals surface area (Å²) in [4.78, 5) is 2.60. The second kappa shape index (κ2) is 7.45. The highest BCUT2D eigenvalue weighted by Gasteiger charge is 2.18. The summed E-state index contributed by atoms with van der Waals surface area (Å²) in [6.45, 7) is 4.11. The van der Waals surface area contributed by atoms with Gasteiger partial charge in [-0.05, 0) is 55.2 Å². The molecule has 25 heavy (non-hydrogen) atoms. The van der Waals surface area contributed by atoms with Crippen molar-refractivity contribution in [2.75, 3.05) is 31.6 Å². The quantitative estimate of drug-likeness (QED) is 0.772. The zero-order chi connectivity index (χ0) is 17.9. The van der Waals surface area contributed by atoms with Crippen molar-refractivity contribution < 1.29 is 13.2 Å². The Balaban J connectivity index is 1.54. The molecule has 3 rings (SSSR count). The molecule has 1 N–H and O–H groups in total. The second-order valence-electron chi connectivity index (χ2n) is 6.25. The zero-order valence-corrected chi connectivity index (χ0v) is 15.5. The van der Waals surface area contributed by atoms with E-state index < -0.39 is 10.0 Å². The normalized spacial score (nSPS) is 13.8. The SMILES string of the molecule is COc1ccc(S(=O)(=O)NCCCN2CCc3ccccc32)cc1C. The van der Waals surface area contributed by atoms with Crippen LogP contribution in [0.25, 0.3) is 0 Å². The molecule has 2 aromatic rings. The van der Waals surface area contributed by atoms with Gasteiger partial charge in [-0.3, -0.25) is 0 Å². The first-order valence-corrected chi connectivity index (χ1v) is 9.97. The number of hydrogen-bond acceptors (Lipinski definition) is 4. The molecule has 0 radical (unpaired) electrons. The van der Waals surface area contributed by atoms with Crippen LogP contribution in [0.3, 0.4) is 0 Å². The molecule has 0 aliphatic carbocycles. The fraction of sp³-hybridized carbons (Fsp3) is 0.368. The van der Waals surface area contributed by atoms with Gasteiger partial charge in [0, 0.05) is 25.3 Å². The Hall–Kier alpha value is -2.05. The van der Waals surface area contributed by atoms with Gasteiger partial charge in [-0.1, -0.05) is 18.2 Å². The highest BCUT2D eigenvalue weighted by Crippen LogP contribution is 2.27. The van der Waals surface area contributed by atoms with E-state index in [-0.39, 0.29) is 4.90 Å². The average Bonchev–Trinajstić information content (AvgIpc) is 3.02. The van der Waals surface area contributed by atoms with Gasteiger partial charge in [0.2, 0.25) is 10.0 Å². The number of ether oxygens (including phenoxy) is 1. The number of nitrogens with one attached hydrogen (secondary N) is 1. The summed E-state index contributed by atoms with van der Waals surface area (Å²) in [6.07, 6.45) is 1.83. The van der Waals surface area contributed by atoms with Gasteiger partial charge in [-0.25, -0.2) is 13.1 Å². The van der Waals surface area contributed by atoms with Crippen LogP contribution < -0.4 is 14.4 Å². The summed E-state index contributed by atoms with van der Waals surface area (Å²) in [7, 11) is -1.91. The number of benzene rings is 2. The lowest BCUT2D eigenvalue weighted by atomic mass is 10.2. The zero-order valence-electron chi connectivity index (χ0n) is 14.7. The maximum absolute atomic E-state index is 12.4. The van der Waals surface area contributed by atoms with Crippen LogP contribution in [-0.2, 0) is 16.4 Å². The number of anilines is 1. The van der Waals surface area contributed by atoms with Crippen LogP contribution in [0.4, 0.5) is 5.69 Å². The van der Waals surface area contributed by atoms with E-state index in [1.807, 2.05) is 13.0 Å². The largest absolute Gasteiger partial charge is 0.496 e. The summed E-state index contributed by atoms with van der Waals surface area (Å²) >= 11 is 0. The summed E-state index contributed by atoms with van der Waals surface area (Å²) in [5, 5.41) is 0. The van der Waals surface area contributed by atoms with Gasteiger partial charge in [-0.15, -0.1) is 0 Å². The lowest BCUT2D eigenvalue weighted by Gasteiger charge is -2.19. The lowest BCUT2D eigenvalue weighted by molar-refractivity contribution is 0.411. The van der Waals surface area contributed by atoms with Crippen LogP contribution >= 0.6 is 0 Å². The molecule has 0 spiro atoms. The van der Waals surface area contributed by atoms with E-state index in [0.717, 1.165) is 31.5 Å². The number of hydrogen-bond donors (Lipinski definition) is 1. The van der Waals surface area contributed by atoms with Crippen molar-refractivity contribution >= 4 is 15.7 Å². The fourth-order valence-electron chi connectivity index (χ4n) is 3.22. The number of aryl methyl sites for hydroxylation is 1. The molecule has 1 heterocycles. The van der Waals surface area contributed by atoms with Crippen molar-refractivity contribution in [2.45, 2.75) is 24.7 Å². The van der Waals surface area contributed by atoms with E-state index in [2.05, 4.69) is 27.8 Å². The van der Waals surface area contributed by atoms with Crippen molar-refractivity contribution in [2.24, 2.45) is 0 Å². The molecule has 134 valence electrons. The molecule has 0 saturated carbocycles. The molecule has 1 aliphatic heterocycles. The van der Waals surface area contributed by atoms with Crippen LogP contribution in [0.2, 0.25) is 0 Å². The number of rotatable bonds is 7. The lowest BCUT2D eigenvalue weighted by Crippen LogP contribution is -2.29. The van der Waals surface area contributed by atoms with Crippen molar-refractivity contribution in [3.05, 3.63) is 53.6 Å². The van der Waals surface area contributed by atoms with Gasteiger partial charge < -0.3 is 9.64 Å². The van der Waals surface area contributed by atoms with Crippen LogP contribution in [0.15, 0.2) is 47.4 Å². The van der Waals surface area contributed by atoms with Crippen molar-refractivity contribution in [1.29, 1.82) is 0 Å². The van der Waals surface area contributed by atoms with Crippen molar-refractivity contribution in [3.8, 4) is 5.75 Å². The molecule has 6 heteroatoms. The van der Waals surface area contributed by atoms with Crippen molar-refractivity contribution in [1.82, 2.24) is 4.72 Å². The van der Waals surface area contributed by atoms with Gasteiger partial charge in [-0.2, -0.15) is 0 Å². The standard InChI is InChI=1S/C19H24N2O3S/c1-15-14-17(8-9-19(15)24-2)25(22,23)20-11-5-12-21-13-10-16-6-3-4-7-18(16)21/h3-4,6-9,14,20H,5,10-13H2,1-2H3. The first-order valence-electron chi connectivity index (χ1n) is 8.48. The number of para-hydroxylation sites is 1. The van der Waals surface area contributed by atoms with Gasteiger partial charge in [0.25, 0.3) is 0 Å². The first-order chi connectivity index (χ1) is 12.0. The van der Waals surface area contributed by atoms with Crippen LogP contribution in [0.5, 0.6) is 5.75 Å². The Morgan fingerprint density at radius 3 is 2.76 bits per heavy atom. The third-order valence-corrected chi connectivity index (χ3v) is 6.02. The monoisotopic (exact) mass is 360 g/mol. The van der Waals surface area contributed by atoms with Crippen LogP contribution in [-0.4, -0.2) is 35.2 Å². The number of methoxy groups -OCH3 is 1. The van der Waals surface area contributed by atoms with E-state index in [0.29, 0.717) is 12.3 Å². The highest BCUT2D eigenvalue weighted by atomic mass is 32.2. The predicted octanol–water partition coefficient (Wildman–Crippen LogP) is 2.73. The second-order valence-corrected chi connectivity index (χ2v) is 8.02. The Morgan fingerprint density at radius 2 is 2.00 bits per heavy atom. The molecule has 1 aliphatic rings. The maximum Gasteiger partial charge on any atom is 0.240 e. The van der Waals surface area contributed by atoms with Gasteiger partial charge in [0.05, 0.1) is 12.0 Å². The molecule has 0 fully saturated rings. The molecule has 0 aromatic heterocycles. The Bertz CT molecular complexity index is 849. The van der Waals surface area contributed by atoms with E-state index in [1.165, 1.54) is 11.3 Å². The Kier molecular flexibility index (Phi) is 5.30. The third-order valence-electron chi connectivity index (χ3n) is 4.56. The van der Waals surface area contributed by atoms with E-state index in [4.69, 9.17) is 4.74 Å². The van der Waals surface area contributed by atoms with E-state index in [9.17, 15) is 8.42 Å². The minimum atomic E-state index is -3.49. The number of fused-ring (bicyclic) bond motifs is 1. The smallest absolute Gasteiger partial charge is 0.240 e. The number of sulfonamides is 1. The minimum absolute atomic E-state index is 0.275. The predicted molar refractivity (Wildman–Crippen MR) is 99.9 cm³/mol. The summed E-state index contributed by atoms with van der Waals surface area (Å²) in [5.74, 6) is 0.687. The summed E-state index contributed by atoms with van der Waals surface area (Å²) in [5.41, 5.74) is 3.45. The molecule has 0 unspecified atom stereocenters. The molecular weight excluding hydrogens is 336 g/mol. The topological polar surface area (TPSA) is 58.6 Å². The summed E-state index contributed by atoms with van der Waals surface area (Å²) < 4.78 is 32.7. The summed E-state index contributed by atoms with van der Waals surface area (Å²) in [6, 6.07) is 13.3. The highest BCUT2D eigenvalue weighted by molar-refractivity contribution is 7.89. The first kappa shape index (κ1) is 17.8. The Labute approximate surface area is 149 Å². The van der Waals surface area contributed by atoms with Crippen LogP contribution in [0.1, 0.15) is 17.5 Å². The third kappa shape index (κ3) is 3.96. The van der Waals surface area contributed by atoms with Crippen LogP contribution in [0, 0.1) is 6.92 Å². The fourth-order valence-corrected chi connectivity index (χ4v) is 4.38. The van der Waals surface area contributed by atoms with Crippen molar-refractivity contribution in [3.63, 3.8) is 0 Å². The molecule has 5 nitrogen and oxygen atoms in total. The molecule has 0 atom stereocenters. The minimum Gasteiger partial charge on any atom is -0.496 e. The molecular formula is C19H24N2O3S. The van der Waals surface area contributed by atoms with Gasteiger partial charge in [0.1, 0.15) is 5.75 Å².